The normalized spacial score (nSPS) is 8.07. The van der Waals surface area contributed by atoms with E-state index in [0.29, 0.717) is 5.57 Å². The van der Waals surface area contributed by atoms with Crippen LogP contribution >= 0.6 is 0 Å². The van der Waals surface area contributed by atoms with Gasteiger partial charge in [0.25, 0.3) is 0 Å². The van der Waals surface area contributed by atoms with Crippen LogP contribution in [0.2, 0.25) is 0 Å². The molecule has 0 aliphatic rings. The Bertz CT molecular complexity index is 806. The first-order chi connectivity index (χ1) is 18.4. The number of isocyanates is 1. The van der Waals surface area contributed by atoms with E-state index in [-0.39, 0.29) is 58.0 Å². The Morgan fingerprint density at radius 2 is 0.975 bits per heavy atom. The van der Waals surface area contributed by atoms with E-state index in [4.69, 9.17) is 30.5 Å². The molecule has 0 spiro atoms. The highest BCUT2D eigenvalue weighted by atomic mass is 17.2. The van der Waals surface area contributed by atoms with E-state index >= 15 is 0 Å². The van der Waals surface area contributed by atoms with Crippen LogP contribution in [-0.4, -0.2) is 96.7 Å². The summed E-state index contributed by atoms with van der Waals surface area (Å²) < 4.78 is 14.0. The van der Waals surface area contributed by atoms with E-state index in [1.807, 2.05) is 0 Å². The highest BCUT2D eigenvalue weighted by Crippen LogP contribution is 1.92. The van der Waals surface area contributed by atoms with Gasteiger partial charge < -0.3 is 24.8 Å². The lowest BCUT2D eigenvalue weighted by atomic mass is 10.4. The van der Waals surface area contributed by atoms with Crippen LogP contribution in [0.25, 0.3) is 0 Å². The van der Waals surface area contributed by atoms with Gasteiger partial charge in [-0.2, -0.15) is 0 Å². The number of aliphatic imine (C=N–C) groups is 1. The molecule has 230 valence electrons. The van der Waals surface area contributed by atoms with Gasteiger partial charge in [0.1, 0.15) is 19.8 Å². The second-order valence-corrected chi connectivity index (χ2v) is 6.32. The Morgan fingerprint density at radius 1 is 0.675 bits per heavy atom. The number of ether oxygens (including phenoxy) is 3. The van der Waals surface area contributed by atoms with Crippen LogP contribution in [0.5, 0.6) is 0 Å². The number of nitrogens with zero attached hydrogens (tertiary/aromatic N) is 1. The summed E-state index contributed by atoms with van der Waals surface area (Å²) in [5, 5.41) is 28.3. The van der Waals surface area contributed by atoms with Gasteiger partial charge in [-0.15, -0.1) is 0 Å². The monoisotopic (exact) mass is 583 g/mol. The third-order valence-electron chi connectivity index (χ3n) is 2.95. The van der Waals surface area contributed by atoms with Crippen molar-refractivity contribution in [1.82, 2.24) is 10.6 Å². The first-order valence-electron chi connectivity index (χ1n) is 10.2. The fourth-order valence-corrected chi connectivity index (χ4v) is 1.33. The van der Waals surface area contributed by atoms with Crippen LogP contribution in [0.3, 0.4) is 0 Å². The number of hydrogen-bond acceptors (Lipinski definition) is 16. The molecule has 0 saturated carbocycles. The average Bonchev–Trinajstić information content (AvgIpc) is 2.92. The molecule has 6 N–H and O–H groups in total. The number of hydrogen-bond donors (Lipinski definition) is 6. The lowest BCUT2D eigenvalue weighted by Gasteiger charge is -2.07. The number of esters is 3. The molecule has 0 aromatic carbocycles. The third-order valence-corrected chi connectivity index (χ3v) is 2.95. The SMILES string of the molecule is C.C=C(C)C(=O)OCCN=C=O.C=C(C)C(=O)OCCNC(=O)OOC(=O)NCCOC(=O)C(=C)C.OO.OO. The molecule has 0 unspecified atom stereocenters. The van der Waals surface area contributed by atoms with Gasteiger partial charge in [-0.25, -0.2) is 43.5 Å². The first kappa shape index (κ1) is 45.3. The van der Waals surface area contributed by atoms with Crippen LogP contribution < -0.4 is 10.6 Å². The molecular formula is C22H37N3O15. The maximum absolute atomic E-state index is 11.1. The van der Waals surface area contributed by atoms with Crippen LogP contribution in [0, 0.1) is 0 Å². The summed E-state index contributed by atoms with van der Waals surface area (Å²) in [5.41, 5.74) is 0.790. The number of rotatable bonds is 12. The van der Waals surface area contributed by atoms with Gasteiger partial charge in [-0.1, -0.05) is 27.2 Å². The van der Waals surface area contributed by atoms with Gasteiger partial charge in [0.05, 0.1) is 19.6 Å². The Labute approximate surface area is 230 Å². The van der Waals surface area contributed by atoms with Crippen LogP contribution in [0.15, 0.2) is 41.4 Å². The fourth-order valence-electron chi connectivity index (χ4n) is 1.33. The van der Waals surface area contributed by atoms with Crippen LogP contribution in [-0.2, 0) is 43.2 Å². The molecule has 18 nitrogen and oxygen atoms in total. The molecule has 0 bridgehead atoms. The smallest absolute Gasteiger partial charge is 0.450 e. The second kappa shape index (κ2) is 32.4. The minimum atomic E-state index is -1.05. The van der Waals surface area contributed by atoms with E-state index < -0.39 is 30.1 Å². The Hall–Kier alpha value is -4.61. The van der Waals surface area contributed by atoms with E-state index in [1.165, 1.54) is 19.9 Å². The zero-order valence-corrected chi connectivity index (χ0v) is 21.6. The quantitative estimate of drug-likeness (QED) is 0.0279. The van der Waals surface area contributed by atoms with Crippen LogP contribution in [0.4, 0.5) is 9.59 Å². The van der Waals surface area contributed by atoms with Crippen molar-refractivity contribution in [3.63, 3.8) is 0 Å². The van der Waals surface area contributed by atoms with Crippen molar-refractivity contribution in [3.05, 3.63) is 36.5 Å². The summed E-state index contributed by atoms with van der Waals surface area (Å²) in [4.78, 5) is 76.0. The van der Waals surface area contributed by atoms with Crippen LogP contribution in [0.1, 0.15) is 28.2 Å². The topological polar surface area (TPSA) is 266 Å². The predicted octanol–water partition coefficient (Wildman–Crippen LogP) is 1.70. The zero-order chi connectivity index (χ0) is 31.2. The summed E-state index contributed by atoms with van der Waals surface area (Å²) in [6.45, 7) is 14.6. The summed E-state index contributed by atoms with van der Waals surface area (Å²) in [7, 11) is 0. The maximum Gasteiger partial charge on any atom is 0.450 e. The highest BCUT2D eigenvalue weighted by Gasteiger charge is 2.10. The van der Waals surface area contributed by atoms with Crippen molar-refractivity contribution in [2.75, 3.05) is 39.5 Å². The summed E-state index contributed by atoms with van der Waals surface area (Å²) in [6, 6.07) is 0. The second-order valence-electron chi connectivity index (χ2n) is 6.32. The molecule has 0 radical (unpaired) electrons. The number of carbonyl (C=O) groups excluding carboxylic acids is 6. The van der Waals surface area contributed by atoms with Gasteiger partial charge in [-0.3, -0.25) is 21.0 Å². The standard InChI is InChI=1S/C14H20N2O8.C7H9NO3.CH4.2H2O2/c1-9(2)11(17)21-7-5-15-13(19)23-24-14(20)16-6-8-22-12(18)10(3)4;1-6(2)7(10)11-4-3-8-5-9;;2*1-2/h1,3,5-8H2,2,4H3,(H,15,19)(H,16,20);1,3-4H2,2H3;1H4;2*1-2H. The summed E-state index contributed by atoms with van der Waals surface area (Å²) in [6.07, 6.45) is -0.769. The van der Waals surface area contributed by atoms with Gasteiger partial charge in [0.2, 0.25) is 6.08 Å². The molecule has 40 heavy (non-hydrogen) atoms. The average molecular weight is 584 g/mol. The lowest BCUT2D eigenvalue weighted by Crippen LogP contribution is -2.33. The van der Waals surface area contributed by atoms with Gasteiger partial charge in [0, 0.05) is 16.7 Å². The molecule has 0 aliphatic carbocycles. The molecule has 0 aromatic heterocycles. The summed E-state index contributed by atoms with van der Waals surface area (Å²) >= 11 is 0. The largest absolute Gasteiger partial charge is 0.460 e. The maximum atomic E-state index is 11.1. The molecule has 0 aromatic rings. The van der Waals surface area contributed by atoms with Crippen molar-refractivity contribution < 1.29 is 73.8 Å². The molecule has 0 aliphatic heterocycles. The zero-order valence-electron chi connectivity index (χ0n) is 21.6. The Morgan fingerprint density at radius 3 is 1.25 bits per heavy atom. The van der Waals surface area contributed by atoms with Crippen molar-refractivity contribution in [2.45, 2.75) is 28.2 Å². The molecule has 0 atom stereocenters. The number of amides is 2. The molecular weight excluding hydrogens is 546 g/mol. The molecule has 18 heteroatoms. The van der Waals surface area contributed by atoms with Crippen molar-refractivity contribution >= 4 is 36.2 Å². The van der Waals surface area contributed by atoms with Crippen molar-refractivity contribution in [2.24, 2.45) is 4.99 Å². The molecule has 0 rings (SSSR count). The Kier molecular flexibility index (Phi) is 36.7. The van der Waals surface area contributed by atoms with E-state index in [9.17, 15) is 28.8 Å². The first-order valence-corrected chi connectivity index (χ1v) is 10.2. The van der Waals surface area contributed by atoms with E-state index in [0.717, 1.165) is 0 Å². The lowest BCUT2D eigenvalue weighted by molar-refractivity contribution is -0.179. The summed E-state index contributed by atoms with van der Waals surface area (Å²) in [5.74, 6) is -1.65. The highest BCUT2D eigenvalue weighted by molar-refractivity contribution is 5.87. The van der Waals surface area contributed by atoms with E-state index in [1.54, 1.807) is 6.92 Å². The van der Waals surface area contributed by atoms with Gasteiger partial charge in [0.15, 0.2) is 0 Å². The third kappa shape index (κ3) is 33.4. The van der Waals surface area contributed by atoms with E-state index in [2.05, 4.69) is 49.9 Å². The molecule has 2 amide bonds. The fraction of sp³-hybridized carbons (Fsp3) is 0.455. The number of carbonyl (C=O) groups is 5. The predicted molar refractivity (Wildman–Crippen MR) is 137 cm³/mol. The minimum Gasteiger partial charge on any atom is -0.460 e. The molecule has 0 fully saturated rings. The minimum absolute atomic E-state index is 0. The van der Waals surface area contributed by atoms with Crippen molar-refractivity contribution in [3.8, 4) is 0 Å². The number of nitrogens with one attached hydrogen (secondary N) is 2. The van der Waals surface area contributed by atoms with Gasteiger partial charge in [-0.05, 0) is 20.8 Å². The Balaban J connectivity index is -0.000000214. The molecule has 0 heterocycles. The van der Waals surface area contributed by atoms with Crippen molar-refractivity contribution in [1.29, 1.82) is 0 Å². The van der Waals surface area contributed by atoms with Gasteiger partial charge >= 0.3 is 30.1 Å². The molecule has 0 saturated heterocycles.